The zero-order chi connectivity index (χ0) is 23.2. The predicted octanol–water partition coefficient (Wildman–Crippen LogP) is 3.66. The molecule has 2 aliphatic rings. The maximum atomic E-state index is 12.8. The molecule has 0 saturated carbocycles. The largest absolute Gasteiger partial charge is 0.379 e. The van der Waals surface area contributed by atoms with Crippen LogP contribution >= 0.6 is 0 Å². The van der Waals surface area contributed by atoms with Gasteiger partial charge in [0.05, 0.1) is 19.3 Å². The third-order valence-corrected chi connectivity index (χ3v) is 6.41. The number of aryl methyl sites for hydroxylation is 1. The Hall–Kier alpha value is -2.92. The van der Waals surface area contributed by atoms with Crippen LogP contribution in [0.25, 0.3) is 6.08 Å². The van der Waals surface area contributed by atoms with Gasteiger partial charge < -0.3 is 19.4 Å². The number of nitriles is 1. The SMILES string of the molecule is Cc1cc(/C=C(/C#N)C(=O)Nc2ccc(CN3CCOCC3)cc2)c(C)n1CC1CCCO1. The summed E-state index contributed by atoms with van der Waals surface area (Å²) in [6.45, 7) is 9.97. The highest BCUT2D eigenvalue weighted by molar-refractivity contribution is 6.09. The van der Waals surface area contributed by atoms with Gasteiger partial charge in [0.25, 0.3) is 5.91 Å². The average Bonchev–Trinajstić information content (AvgIpc) is 3.43. The van der Waals surface area contributed by atoms with Crippen LogP contribution in [-0.2, 0) is 27.4 Å². The van der Waals surface area contributed by atoms with Gasteiger partial charge >= 0.3 is 0 Å². The zero-order valence-electron chi connectivity index (χ0n) is 19.5. The van der Waals surface area contributed by atoms with Gasteiger partial charge in [0, 0.05) is 49.9 Å². The molecular formula is C26H32N4O3. The van der Waals surface area contributed by atoms with E-state index in [1.165, 1.54) is 5.56 Å². The van der Waals surface area contributed by atoms with Crippen LogP contribution in [0.2, 0.25) is 0 Å². The summed E-state index contributed by atoms with van der Waals surface area (Å²) < 4.78 is 13.4. The Morgan fingerprint density at radius 3 is 2.64 bits per heavy atom. The Morgan fingerprint density at radius 1 is 1.21 bits per heavy atom. The number of nitrogens with one attached hydrogen (secondary N) is 1. The monoisotopic (exact) mass is 448 g/mol. The average molecular weight is 449 g/mol. The maximum absolute atomic E-state index is 12.8. The molecule has 174 valence electrons. The van der Waals surface area contributed by atoms with Gasteiger partial charge in [-0.25, -0.2) is 0 Å². The number of amides is 1. The number of hydrogen-bond acceptors (Lipinski definition) is 5. The molecule has 2 aliphatic heterocycles. The minimum atomic E-state index is -0.401. The number of carbonyl (C=O) groups excluding carboxylic acids is 1. The summed E-state index contributed by atoms with van der Waals surface area (Å²) >= 11 is 0. The van der Waals surface area contributed by atoms with E-state index >= 15 is 0 Å². The molecule has 3 heterocycles. The van der Waals surface area contributed by atoms with Crippen molar-refractivity contribution in [1.82, 2.24) is 9.47 Å². The smallest absolute Gasteiger partial charge is 0.266 e. The Labute approximate surface area is 195 Å². The molecule has 1 atom stereocenters. The number of benzene rings is 1. The molecule has 2 aromatic rings. The first-order valence-corrected chi connectivity index (χ1v) is 11.6. The van der Waals surface area contributed by atoms with E-state index in [0.29, 0.717) is 5.69 Å². The van der Waals surface area contributed by atoms with Gasteiger partial charge in [0.1, 0.15) is 11.6 Å². The fourth-order valence-corrected chi connectivity index (χ4v) is 4.46. The summed E-state index contributed by atoms with van der Waals surface area (Å²) in [6, 6.07) is 11.9. The summed E-state index contributed by atoms with van der Waals surface area (Å²) in [6.07, 6.45) is 4.08. The molecule has 0 spiro atoms. The van der Waals surface area contributed by atoms with Crippen molar-refractivity contribution in [2.75, 3.05) is 38.2 Å². The van der Waals surface area contributed by atoms with Gasteiger partial charge in [-0.3, -0.25) is 9.69 Å². The van der Waals surface area contributed by atoms with Gasteiger partial charge in [-0.15, -0.1) is 0 Å². The lowest BCUT2D eigenvalue weighted by Crippen LogP contribution is -2.35. The number of ether oxygens (including phenoxy) is 2. The van der Waals surface area contributed by atoms with Crippen LogP contribution in [0.5, 0.6) is 0 Å². The van der Waals surface area contributed by atoms with Crippen molar-refractivity contribution < 1.29 is 14.3 Å². The van der Waals surface area contributed by atoms with E-state index in [2.05, 4.69) is 20.9 Å². The van der Waals surface area contributed by atoms with E-state index in [1.807, 2.05) is 44.2 Å². The third kappa shape index (κ3) is 5.91. The fourth-order valence-electron chi connectivity index (χ4n) is 4.46. The first-order valence-electron chi connectivity index (χ1n) is 11.6. The maximum Gasteiger partial charge on any atom is 0.266 e. The molecule has 7 heteroatoms. The summed E-state index contributed by atoms with van der Waals surface area (Å²) in [5.74, 6) is -0.401. The molecule has 2 fully saturated rings. The molecule has 0 aliphatic carbocycles. The van der Waals surface area contributed by atoms with Crippen molar-refractivity contribution in [1.29, 1.82) is 5.26 Å². The van der Waals surface area contributed by atoms with Crippen LogP contribution in [0.3, 0.4) is 0 Å². The van der Waals surface area contributed by atoms with Gasteiger partial charge in [-0.05, 0) is 62.1 Å². The number of hydrogen-bond donors (Lipinski definition) is 1. The summed E-state index contributed by atoms with van der Waals surface area (Å²) in [5.41, 5.74) is 4.97. The molecule has 0 radical (unpaired) electrons. The number of morpholine rings is 1. The lowest BCUT2D eigenvalue weighted by atomic mass is 10.1. The van der Waals surface area contributed by atoms with Crippen molar-refractivity contribution in [2.45, 2.75) is 45.9 Å². The molecule has 1 unspecified atom stereocenters. The summed E-state index contributed by atoms with van der Waals surface area (Å²) in [7, 11) is 0. The van der Waals surface area contributed by atoms with E-state index in [4.69, 9.17) is 9.47 Å². The molecule has 2 saturated heterocycles. The highest BCUT2D eigenvalue weighted by atomic mass is 16.5. The molecule has 4 rings (SSSR count). The van der Waals surface area contributed by atoms with E-state index in [9.17, 15) is 10.1 Å². The van der Waals surface area contributed by atoms with E-state index in [0.717, 1.165) is 75.8 Å². The highest BCUT2D eigenvalue weighted by Gasteiger charge is 2.19. The number of rotatable bonds is 7. The standard InChI is InChI=1S/C26H32N4O3/c1-19-14-22(20(2)30(19)18-25-4-3-11-33-25)15-23(16-27)26(31)28-24-7-5-21(6-8-24)17-29-9-12-32-13-10-29/h5-8,14-15,25H,3-4,9-13,17-18H2,1-2H3,(H,28,31)/b23-15-. The second-order valence-electron chi connectivity index (χ2n) is 8.78. The van der Waals surface area contributed by atoms with Crippen molar-refractivity contribution in [2.24, 2.45) is 0 Å². The second kappa shape index (κ2) is 10.8. The molecule has 1 amide bonds. The Bertz CT molecular complexity index is 1040. The summed E-state index contributed by atoms with van der Waals surface area (Å²) in [4.78, 5) is 15.1. The van der Waals surface area contributed by atoms with Crippen LogP contribution < -0.4 is 5.32 Å². The second-order valence-corrected chi connectivity index (χ2v) is 8.78. The number of aromatic nitrogens is 1. The van der Waals surface area contributed by atoms with E-state index < -0.39 is 5.91 Å². The lowest BCUT2D eigenvalue weighted by molar-refractivity contribution is -0.112. The number of nitrogens with zero attached hydrogens (tertiary/aromatic N) is 3. The first-order chi connectivity index (χ1) is 16.0. The Balaban J connectivity index is 1.41. The Morgan fingerprint density at radius 2 is 1.97 bits per heavy atom. The molecule has 7 nitrogen and oxygen atoms in total. The van der Waals surface area contributed by atoms with E-state index in [-0.39, 0.29) is 11.7 Å². The lowest BCUT2D eigenvalue weighted by Gasteiger charge is -2.26. The predicted molar refractivity (Wildman–Crippen MR) is 128 cm³/mol. The molecule has 33 heavy (non-hydrogen) atoms. The summed E-state index contributed by atoms with van der Waals surface area (Å²) in [5, 5.41) is 12.5. The van der Waals surface area contributed by atoms with Crippen LogP contribution in [0.4, 0.5) is 5.69 Å². The van der Waals surface area contributed by atoms with Gasteiger partial charge in [0.2, 0.25) is 0 Å². The van der Waals surface area contributed by atoms with Gasteiger partial charge in [-0.1, -0.05) is 12.1 Å². The number of carbonyl (C=O) groups is 1. The minimum absolute atomic E-state index is 0.0877. The molecular weight excluding hydrogens is 416 g/mol. The van der Waals surface area contributed by atoms with E-state index in [1.54, 1.807) is 6.08 Å². The van der Waals surface area contributed by atoms with Crippen molar-refractivity contribution >= 4 is 17.7 Å². The third-order valence-electron chi connectivity index (χ3n) is 6.41. The minimum Gasteiger partial charge on any atom is -0.379 e. The van der Waals surface area contributed by atoms with Gasteiger partial charge in [-0.2, -0.15) is 5.26 Å². The first kappa shape index (κ1) is 23.2. The quantitative estimate of drug-likeness (QED) is 0.517. The van der Waals surface area contributed by atoms with Crippen molar-refractivity contribution in [3.8, 4) is 6.07 Å². The van der Waals surface area contributed by atoms with Crippen LogP contribution in [0.1, 0.15) is 35.4 Å². The molecule has 0 bridgehead atoms. The van der Waals surface area contributed by atoms with Crippen molar-refractivity contribution in [3.05, 3.63) is 58.4 Å². The molecule has 1 aromatic carbocycles. The van der Waals surface area contributed by atoms with Crippen LogP contribution in [-0.4, -0.2) is 54.4 Å². The topological polar surface area (TPSA) is 79.5 Å². The molecule has 1 aromatic heterocycles. The highest BCUT2D eigenvalue weighted by Crippen LogP contribution is 2.22. The van der Waals surface area contributed by atoms with Gasteiger partial charge in [0.15, 0.2) is 0 Å². The normalized spacial score (nSPS) is 19.4. The van der Waals surface area contributed by atoms with Crippen LogP contribution in [0.15, 0.2) is 35.9 Å². The Kier molecular flexibility index (Phi) is 7.61. The van der Waals surface area contributed by atoms with Crippen LogP contribution in [0, 0.1) is 25.2 Å². The zero-order valence-corrected chi connectivity index (χ0v) is 19.5. The fraction of sp³-hybridized carbons (Fsp3) is 0.462. The van der Waals surface area contributed by atoms with Crippen molar-refractivity contribution in [3.63, 3.8) is 0 Å². The molecule has 1 N–H and O–H groups in total. The number of anilines is 1.